The van der Waals surface area contributed by atoms with Gasteiger partial charge in [-0.2, -0.15) is 0 Å². The standard InChI is InChI=1S/C14H18N2O4/c17-14(18)11-3-5-12(6-4-11)15-9-10-1-7-13(8-2-10)16(19)20/h1-2,7-8,11-12,15H,3-6,9H2,(H,17,18). The molecule has 1 aliphatic rings. The minimum atomic E-state index is -0.696. The molecule has 0 aromatic heterocycles. The second kappa shape index (κ2) is 6.47. The van der Waals surface area contributed by atoms with Crippen molar-refractivity contribution in [3.05, 3.63) is 39.9 Å². The number of nitrogens with one attached hydrogen (secondary N) is 1. The van der Waals surface area contributed by atoms with E-state index in [0.717, 1.165) is 18.4 Å². The van der Waals surface area contributed by atoms with Crippen LogP contribution in [0.4, 0.5) is 5.69 Å². The summed E-state index contributed by atoms with van der Waals surface area (Å²) in [6.07, 6.45) is 3.16. The van der Waals surface area contributed by atoms with E-state index in [1.165, 1.54) is 12.1 Å². The first kappa shape index (κ1) is 14.5. The van der Waals surface area contributed by atoms with Gasteiger partial charge in [0.15, 0.2) is 0 Å². The van der Waals surface area contributed by atoms with Crippen LogP contribution in [0.1, 0.15) is 31.2 Å². The van der Waals surface area contributed by atoms with E-state index in [9.17, 15) is 14.9 Å². The smallest absolute Gasteiger partial charge is 0.306 e. The molecular weight excluding hydrogens is 260 g/mol. The molecule has 1 fully saturated rings. The van der Waals surface area contributed by atoms with Gasteiger partial charge in [0.25, 0.3) is 5.69 Å². The van der Waals surface area contributed by atoms with Crippen LogP contribution in [0.2, 0.25) is 0 Å². The molecule has 0 atom stereocenters. The zero-order chi connectivity index (χ0) is 14.5. The van der Waals surface area contributed by atoms with Gasteiger partial charge >= 0.3 is 5.97 Å². The molecular formula is C14H18N2O4. The molecule has 1 saturated carbocycles. The van der Waals surface area contributed by atoms with Crippen LogP contribution in [-0.4, -0.2) is 22.0 Å². The summed E-state index contributed by atoms with van der Waals surface area (Å²) in [5.74, 6) is -0.897. The topological polar surface area (TPSA) is 92.5 Å². The van der Waals surface area contributed by atoms with E-state index in [1.54, 1.807) is 12.1 Å². The summed E-state index contributed by atoms with van der Waals surface area (Å²) < 4.78 is 0. The molecule has 0 unspecified atom stereocenters. The lowest BCUT2D eigenvalue weighted by molar-refractivity contribution is -0.384. The molecule has 0 saturated heterocycles. The van der Waals surface area contributed by atoms with Crippen LogP contribution in [0.3, 0.4) is 0 Å². The van der Waals surface area contributed by atoms with Crippen molar-refractivity contribution >= 4 is 11.7 Å². The van der Waals surface area contributed by atoms with Gasteiger partial charge in [-0.25, -0.2) is 0 Å². The Balaban J connectivity index is 1.78. The molecule has 108 valence electrons. The highest BCUT2D eigenvalue weighted by atomic mass is 16.6. The molecule has 0 spiro atoms. The normalized spacial score (nSPS) is 22.4. The van der Waals surface area contributed by atoms with Gasteiger partial charge in [-0.15, -0.1) is 0 Å². The summed E-state index contributed by atoms with van der Waals surface area (Å²) in [6, 6.07) is 6.82. The fourth-order valence-corrected chi connectivity index (χ4v) is 2.54. The molecule has 0 bridgehead atoms. The lowest BCUT2D eigenvalue weighted by Crippen LogP contribution is -2.34. The van der Waals surface area contributed by atoms with E-state index in [-0.39, 0.29) is 11.6 Å². The zero-order valence-electron chi connectivity index (χ0n) is 11.1. The largest absolute Gasteiger partial charge is 0.481 e. The van der Waals surface area contributed by atoms with Gasteiger partial charge in [0.05, 0.1) is 10.8 Å². The molecule has 0 heterocycles. The number of aliphatic carboxylic acids is 1. The first-order valence-corrected chi connectivity index (χ1v) is 6.76. The summed E-state index contributed by atoms with van der Waals surface area (Å²) in [5, 5.41) is 22.9. The monoisotopic (exact) mass is 278 g/mol. The van der Waals surface area contributed by atoms with Crippen LogP contribution in [0.15, 0.2) is 24.3 Å². The molecule has 2 N–H and O–H groups in total. The maximum absolute atomic E-state index is 10.9. The Morgan fingerprint density at radius 1 is 1.25 bits per heavy atom. The number of rotatable bonds is 5. The van der Waals surface area contributed by atoms with Gasteiger partial charge in [0.1, 0.15) is 0 Å². The van der Waals surface area contributed by atoms with Crippen molar-refractivity contribution in [2.45, 2.75) is 38.3 Å². The summed E-state index contributed by atoms with van der Waals surface area (Å²) in [6.45, 7) is 0.653. The lowest BCUT2D eigenvalue weighted by Gasteiger charge is -2.26. The highest BCUT2D eigenvalue weighted by Gasteiger charge is 2.25. The second-order valence-corrected chi connectivity index (χ2v) is 5.19. The van der Waals surface area contributed by atoms with Crippen molar-refractivity contribution in [1.82, 2.24) is 5.32 Å². The number of hydrogen-bond donors (Lipinski definition) is 2. The zero-order valence-corrected chi connectivity index (χ0v) is 11.1. The number of nitro benzene ring substituents is 1. The van der Waals surface area contributed by atoms with Gasteiger partial charge in [0.2, 0.25) is 0 Å². The third-order valence-electron chi connectivity index (χ3n) is 3.82. The average Bonchev–Trinajstić information content (AvgIpc) is 2.46. The Morgan fingerprint density at radius 3 is 2.35 bits per heavy atom. The van der Waals surface area contributed by atoms with E-state index in [2.05, 4.69) is 5.32 Å². The Kier molecular flexibility index (Phi) is 4.68. The van der Waals surface area contributed by atoms with Gasteiger partial charge in [-0.3, -0.25) is 14.9 Å². The number of nitro groups is 1. The molecule has 0 radical (unpaired) electrons. The van der Waals surface area contributed by atoms with E-state index in [1.807, 2.05) is 0 Å². The van der Waals surface area contributed by atoms with Crippen LogP contribution in [0.25, 0.3) is 0 Å². The van der Waals surface area contributed by atoms with Gasteiger partial charge in [-0.1, -0.05) is 12.1 Å². The molecule has 0 aliphatic heterocycles. The second-order valence-electron chi connectivity index (χ2n) is 5.19. The number of carbonyl (C=O) groups is 1. The third-order valence-corrected chi connectivity index (χ3v) is 3.82. The van der Waals surface area contributed by atoms with Gasteiger partial charge in [0, 0.05) is 24.7 Å². The molecule has 1 aliphatic carbocycles. The number of hydrogen-bond acceptors (Lipinski definition) is 4. The number of carboxylic acid groups (broad SMARTS) is 1. The summed E-state index contributed by atoms with van der Waals surface area (Å²) in [5.41, 5.74) is 1.09. The fraction of sp³-hybridized carbons (Fsp3) is 0.500. The third kappa shape index (κ3) is 3.77. The maximum atomic E-state index is 10.9. The van der Waals surface area contributed by atoms with E-state index in [4.69, 9.17) is 5.11 Å². The first-order valence-electron chi connectivity index (χ1n) is 6.76. The van der Waals surface area contributed by atoms with E-state index < -0.39 is 10.9 Å². The number of carboxylic acids is 1. The number of benzene rings is 1. The van der Waals surface area contributed by atoms with Crippen molar-refractivity contribution in [2.24, 2.45) is 5.92 Å². The highest BCUT2D eigenvalue weighted by Crippen LogP contribution is 2.24. The number of nitrogens with zero attached hydrogens (tertiary/aromatic N) is 1. The Labute approximate surface area is 117 Å². The Hall–Kier alpha value is -1.95. The minimum absolute atomic E-state index is 0.0933. The van der Waals surface area contributed by atoms with E-state index >= 15 is 0 Å². The molecule has 1 aromatic carbocycles. The average molecular weight is 278 g/mol. The predicted molar refractivity (Wildman–Crippen MR) is 73.3 cm³/mol. The van der Waals surface area contributed by atoms with Crippen molar-refractivity contribution in [3.63, 3.8) is 0 Å². The van der Waals surface area contributed by atoms with Crippen molar-refractivity contribution in [3.8, 4) is 0 Å². The Bertz CT molecular complexity index is 478. The van der Waals surface area contributed by atoms with Gasteiger partial charge < -0.3 is 10.4 Å². The molecule has 1 aromatic rings. The molecule has 0 amide bonds. The minimum Gasteiger partial charge on any atom is -0.481 e. The maximum Gasteiger partial charge on any atom is 0.306 e. The summed E-state index contributed by atoms with van der Waals surface area (Å²) in [7, 11) is 0. The molecule has 20 heavy (non-hydrogen) atoms. The number of non-ortho nitro benzene ring substituents is 1. The van der Waals surface area contributed by atoms with Crippen LogP contribution in [0, 0.1) is 16.0 Å². The fourth-order valence-electron chi connectivity index (χ4n) is 2.54. The predicted octanol–water partition coefficient (Wildman–Crippen LogP) is 2.33. The van der Waals surface area contributed by atoms with Crippen molar-refractivity contribution < 1.29 is 14.8 Å². The van der Waals surface area contributed by atoms with Crippen LogP contribution in [0.5, 0.6) is 0 Å². The van der Waals surface area contributed by atoms with Crippen molar-refractivity contribution in [2.75, 3.05) is 0 Å². The summed E-state index contributed by atoms with van der Waals surface area (Å²) in [4.78, 5) is 21.0. The molecule has 2 rings (SSSR count). The molecule has 6 nitrogen and oxygen atoms in total. The van der Waals surface area contributed by atoms with Crippen LogP contribution < -0.4 is 5.32 Å². The quantitative estimate of drug-likeness (QED) is 0.637. The molecule has 6 heteroatoms. The Morgan fingerprint density at radius 2 is 1.85 bits per heavy atom. The van der Waals surface area contributed by atoms with E-state index in [0.29, 0.717) is 25.4 Å². The summed E-state index contributed by atoms with van der Waals surface area (Å²) >= 11 is 0. The van der Waals surface area contributed by atoms with Gasteiger partial charge in [-0.05, 0) is 31.2 Å². The van der Waals surface area contributed by atoms with Crippen LogP contribution in [-0.2, 0) is 11.3 Å². The first-order chi connectivity index (χ1) is 9.56. The van der Waals surface area contributed by atoms with Crippen LogP contribution >= 0.6 is 0 Å². The lowest BCUT2D eigenvalue weighted by atomic mass is 9.86. The highest BCUT2D eigenvalue weighted by molar-refractivity contribution is 5.70. The SMILES string of the molecule is O=C(O)C1CCC(NCc2ccc([N+](=O)[O-])cc2)CC1. The van der Waals surface area contributed by atoms with Crippen molar-refractivity contribution in [1.29, 1.82) is 0 Å².